The molecule has 8 heteroatoms. The molecule has 1 saturated heterocycles. The summed E-state index contributed by atoms with van der Waals surface area (Å²) in [5.41, 5.74) is 5.69. The predicted octanol–water partition coefficient (Wildman–Crippen LogP) is 7.17. The molecule has 2 aromatic heterocycles. The summed E-state index contributed by atoms with van der Waals surface area (Å²) < 4.78 is 13.4. The Bertz CT molecular complexity index is 1680. The quantitative estimate of drug-likeness (QED) is 0.204. The number of hydrogen-bond acceptors (Lipinski definition) is 5. The maximum absolute atomic E-state index is 10.7. The summed E-state index contributed by atoms with van der Waals surface area (Å²) in [6.07, 6.45) is 1.80. The summed E-state index contributed by atoms with van der Waals surface area (Å²) in [7, 11) is 1.64. The largest absolute Gasteiger partial charge is 0.506 e. The molecule has 1 aliphatic heterocycles. The summed E-state index contributed by atoms with van der Waals surface area (Å²) in [5, 5.41) is 14.8. The van der Waals surface area contributed by atoms with Gasteiger partial charge in [0.05, 0.1) is 30.6 Å². The number of ether oxygens (including phenoxy) is 2. The Balaban J connectivity index is 1.39. The number of phenolic OH excluding ortho intramolecular Hbond substituents is 1. The first-order valence-electron chi connectivity index (χ1n) is 13.3. The third-order valence-electron chi connectivity index (χ3n) is 7.42. The molecular weight excluding hydrogens is 532 g/mol. The lowest BCUT2D eigenvalue weighted by Crippen LogP contribution is -2.29. The van der Waals surface area contributed by atoms with Crippen molar-refractivity contribution < 1.29 is 14.6 Å². The van der Waals surface area contributed by atoms with E-state index in [0.29, 0.717) is 10.9 Å². The van der Waals surface area contributed by atoms with Crippen LogP contribution in [0.1, 0.15) is 34.7 Å². The molecule has 0 saturated carbocycles. The Morgan fingerprint density at radius 2 is 1.51 bits per heavy atom. The van der Waals surface area contributed by atoms with E-state index in [4.69, 9.17) is 21.7 Å². The summed E-state index contributed by atoms with van der Waals surface area (Å²) in [4.78, 5) is 6.82. The van der Waals surface area contributed by atoms with Crippen LogP contribution >= 0.6 is 12.2 Å². The number of rotatable bonds is 7. The van der Waals surface area contributed by atoms with Gasteiger partial charge in [0.2, 0.25) is 0 Å². The van der Waals surface area contributed by atoms with Crippen LogP contribution in [0.25, 0.3) is 5.69 Å². The van der Waals surface area contributed by atoms with E-state index in [2.05, 4.69) is 39.7 Å². The monoisotopic (exact) mass is 562 g/mol. The first kappa shape index (κ1) is 26.4. The molecule has 3 aromatic carbocycles. The van der Waals surface area contributed by atoms with Crippen LogP contribution in [0, 0.1) is 13.8 Å². The maximum Gasteiger partial charge on any atom is 0.174 e. The number of nitrogens with zero attached hydrogens (tertiary/aromatic N) is 3. The number of para-hydroxylation sites is 2. The fourth-order valence-corrected chi connectivity index (χ4v) is 5.86. The number of aromatic nitrogens is 2. The number of aryl methyl sites for hydroxylation is 1. The third-order valence-corrected chi connectivity index (χ3v) is 7.73. The number of pyridine rings is 1. The number of anilines is 1. The molecule has 3 heterocycles. The number of methoxy groups -OCH3 is 1. The van der Waals surface area contributed by atoms with Gasteiger partial charge in [-0.15, -0.1) is 0 Å². The summed E-state index contributed by atoms with van der Waals surface area (Å²) >= 11 is 5.93. The van der Waals surface area contributed by atoms with Crippen molar-refractivity contribution in [2.45, 2.75) is 25.9 Å². The van der Waals surface area contributed by atoms with Crippen LogP contribution in [0.3, 0.4) is 0 Å². The highest BCUT2D eigenvalue weighted by atomic mass is 32.1. The molecule has 0 bridgehead atoms. The number of nitrogens with one attached hydrogen (secondary N) is 1. The molecule has 0 radical (unpaired) electrons. The number of benzene rings is 3. The van der Waals surface area contributed by atoms with Crippen LogP contribution in [-0.4, -0.2) is 26.9 Å². The van der Waals surface area contributed by atoms with Crippen molar-refractivity contribution in [3.63, 3.8) is 0 Å². The van der Waals surface area contributed by atoms with Crippen LogP contribution in [0.15, 0.2) is 103 Å². The topological polar surface area (TPSA) is 71.8 Å². The van der Waals surface area contributed by atoms with Gasteiger partial charge >= 0.3 is 0 Å². The van der Waals surface area contributed by atoms with Gasteiger partial charge in [0, 0.05) is 23.3 Å². The lowest BCUT2D eigenvalue weighted by atomic mass is 9.96. The number of hydrogen-bond donors (Lipinski definition) is 2. The number of aromatic hydroxyl groups is 1. The summed E-state index contributed by atoms with van der Waals surface area (Å²) in [5.74, 6) is 2.44. The molecule has 206 valence electrons. The second-order valence-electron chi connectivity index (χ2n) is 9.92. The van der Waals surface area contributed by atoms with Gasteiger partial charge in [-0.1, -0.05) is 18.2 Å². The first-order valence-corrected chi connectivity index (χ1v) is 13.8. The van der Waals surface area contributed by atoms with Gasteiger partial charge in [0.25, 0.3) is 0 Å². The first-order chi connectivity index (χ1) is 19.9. The van der Waals surface area contributed by atoms with Crippen molar-refractivity contribution in [2.75, 3.05) is 12.0 Å². The normalized spacial score (nSPS) is 16.5. The molecule has 41 heavy (non-hydrogen) atoms. The van der Waals surface area contributed by atoms with Gasteiger partial charge in [-0.05, 0) is 110 Å². The Morgan fingerprint density at radius 3 is 2.17 bits per heavy atom. The molecule has 5 aromatic rings. The number of phenols is 1. The van der Waals surface area contributed by atoms with E-state index in [1.54, 1.807) is 19.4 Å². The van der Waals surface area contributed by atoms with E-state index < -0.39 is 0 Å². The molecular formula is C33H30N4O3S. The van der Waals surface area contributed by atoms with Gasteiger partial charge in [0.15, 0.2) is 5.11 Å². The molecule has 0 spiro atoms. The Kier molecular flexibility index (Phi) is 7.07. The standard InChI is InChI=1S/C33H30N4O3S/c1-21-20-27(22(2)36(21)29-9-4-5-10-30(29)38)32-31(28-8-6-7-19-34-28)35-33(41)37(32)23-11-13-25(14-12-23)40-26-17-15-24(39-3)16-18-26/h4-20,31-32,38H,1-3H3,(H,35,41)/t31-,32+/m1/s1. The van der Waals surface area contributed by atoms with Gasteiger partial charge in [-0.25, -0.2) is 0 Å². The smallest absolute Gasteiger partial charge is 0.174 e. The van der Waals surface area contributed by atoms with Crippen LogP contribution in [0.4, 0.5) is 5.69 Å². The van der Waals surface area contributed by atoms with Crippen molar-refractivity contribution in [3.05, 3.63) is 126 Å². The lowest BCUT2D eigenvalue weighted by molar-refractivity contribution is 0.413. The fourth-order valence-electron chi connectivity index (χ4n) is 5.51. The van der Waals surface area contributed by atoms with Crippen LogP contribution in [0.5, 0.6) is 23.0 Å². The van der Waals surface area contributed by atoms with E-state index in [-0.39, 0.29) is 17.8 Å². The zero-order valence-corrected chi connectivity index (χ0v) is 23.8. The van der Waals surface area contributed by atoms with Crippen LogP contribution in [-0.2, 0) is 0 Å². The highest BCUT2D eigenvalue weighted by Crippen LogP contribution is 2.44. The molecule has 2 atom stereocenters. The fraction of sp³-hybridized carbons (Fsp3) is 0.152. The zero-order valence-electron chi connectivity index (χ0n) is 23.0. The average Bonchev–Trinajstić information content (AvgIpc) is 3.49. The minimum absolute atomic E-state index is 0.183. The molecule has 0 unspecified atom stereocenters. The van der Waals surface area contributed by atoms with Gasteiger partial charge in [0.1, 0.15) is 23.0 Å². The van der Waals surface area contributed by atoms with Crippen LogP contribution in [0.2, 0.25) is 0 Å². The molecule has 6 rings (SSSR count). The summed E-state index contributed by atoms with van der Waals surface area (Å²) in [6.45, 7) is 4.13. The maximum atomic E-state index is 10.7. The van der Waals surface area contributed by atoms with E-state index in [0.717, 1.165) is 45.5 Å². The van der Waals surface area contributed by atoms with Crippen molar-refractivity contribution in [3.8, 4) is 28.7 Å². The van der Waals surface area contributed by atoms with Crippen molar-refractivity contribution >= 4 is 23.0 Å². The Morgan fingerprint density at radius 1 is 0.854 bits per heavy atom. The van der Waals surface area contributed by atoms with Crippen molar-refractivity contribution in [2.24, 2.45) is 0 Å². The van der Waals surface area contributed by atoms with E-state index >= 15 is 0 Å². The zero-order chi connectivity index (χ0) is 28.5. The Hall–Kier alpha value is -4.82. The highest BCUT2D eigenvalue weighted by Gasteiger charge is 2.42. The van der Waals surface area contributed by atoms with Gasteiger partial charge < -0.3 is 29.4 Å². The van der Waals surface area contributed by atoms with Crippen LogP contribution < -0.4 is 19.7 Å². The average molecular weight is 563 g/mol. The Labute approximate surface area is 244 Å². The second-order valence-corrected chi connectivity index (χ2v) is 10.3. The highest BCUT2D eigenvalue weighted by molar-refractivity contribution is 7.80. The minimum atomic E-state index is -0.184. The van der Waals surface area contributed by atoms with Crippen molar-refractivity contribution in [1.82, 2.24) is 14.9 Å². The van der Waals surface area contributed by atoms with E-state index in [1.165, 1.54) is 0 Å². The molecule has 2 N–H and O–H groups in total. The SMILES string of the molecule is COc1ccc(Oc2ccc(N3C(=S)N[C@H](c4ccccn4)[C@@H]3c3cc(C)n(-c4ccccc4O)c3C)cc2)cc1. The molecule has 1 fully saturated rings. The third kappa shape index (κ3) is 4.98. The van der Waals surface area contributed by atoms with Crippen molar-refractivity contribution in [1.29, 1.82) is 0 Å². The molecule has 7 nitrogen and oxygen atoms in total. The van der Waals surface area contributed by atoms with E-state index in [1.807, 2.05) is 84.9 Å². The molecule has 0 amide bonds. The molecule has 1 aliphatic rings. The number of thiocarbonyl (C=S) groups is 1. The summed E-state index contributed by atoms with van der Waals surface area (Å²) in [6, 6.07) is 30.5. The molecule has 0 aliphatic carbocycles. The van der Waals surface area contributed by atoms with E-state index in [9.17, 15) is 5.11 Å². The minimum Gasteiger partial charge on any atom is -0.506 e. The predicted molar refractivity (Wildman–Crippen MR) is 164 cm³/mol. The lowest BCUT2D eigenvalue weighted by Gasteiger charge is -2.28. The van der Waals surface area contributed by atoms with Gasteiger partial charge in [-0.3, -0.25) is 4.98 Å². The van der Waals surface area contributed by atoms with Gasteiger partial charge in [-0.2, -0.15) is 0 Å². The second kappa shape index (κ2) is 11.0.